The maximum absolute atomic E-state index is 12.1. The molecule has 138 valence electrons. The predicted octanol–water partition coefficient (Wildman–Crippen LogP) is 3.94. The second kappa shape index (κ2) is 9.03. The van der Waals surface area contributed by atoms with E-state index in [1.54, 1.807) is 54.7 Å². The summed E-state index contributed by atoms with van der Waals surface area (Å²) in [6, 6.07) is 13.9. The first-order chi connectivity index (χ1) is 13.0. The Labute approximate surface area is 170 Å². The van der Waals surface area contributed by atoms with Gasteiger partial charge in [-0.3, -0.25) is 9.59 Å². The second-order valence-electron chi connectivity index (χ2n) is 5.56. The van der Waals surface area contributed by atoms with Gasteiger partial charge in [0.25, 0.3) is 0 Å². The molecule has 0 saturated carbocycles. The van der Waals surface area contributed by atoms with E-state index in [9.17, 15) is 9.59 Å². The third-order valence-electron chi connectivity index (χ3n) is 3.48. The van der Waals surface area contributed by atoms with Crippen LogP contribution in [-0.2, 0) is 9.59 Å². The van der Waals surface area contributed by atoms with Crippen LogP contribution in [0.15, 0.2) is 58.7 Å². The van der Waals surface area contributed by atoms with Crippen LogP contribution in [-0.4, -0.2) is 28.4 Å². The van der Waals surface area contributed by atoms with E-state index in [1.807, 2.05) is 0 Å². The molecule has 2 aromatic carbocycles. The number of nitrogens with one attached hydrogen (secondary N) is 2. The molecule has 1 atom stereocenters. The molecule has 6 nitrogen and oxygen atoms in total. The molecular weight excluding hydrogens is 407 g/mol. The minimum absolute atomic E-state index is 0.0168. The fraction of sp³-hybridized carbons (Fsp3) is 0.111. The molecule has 0 unspecified atom stereocenters. The zero-order valence-corrected chi connectivity index (χ0v) is 16.2. The van der Waals surface area contributed by atoms with Gasteiger partial charge in [-0.05, 0) is 35.9 Å². The van der Waals surface area contributed by atoms with Gasteiger partial charge in [0.1, 0.15) is 5.25 Å². The van der Waals surface area contributed by atoms with Crippen LogP contribution in [0.3, 0.4) is 0 Å². The van der Waals surface area contributed by atoms with Gasteiger partial charge in [-0.15, -0.1) is 5.10 Å². The minimum Gasteiger partial charge on any atom is -0.326 e. The molecule has 2 aromatic rings. The number of thioether (sulfide) groups is 1. The summed E-state index contributed by atoms with van der Waals surface area (Å²) in [5.74, 6) is -0.558. The molecule has 1 heterocycles. The molecule has 0 aliphatic carbocycles. The molecule has 0 bridgehead atoms. The maximum Gasteiger partial charge on any atom is 0.240 e. The third-order valence-corrected chi connectivity index (χ3v) is 5.04. The Morgan fingerprint density at radius 2 is 1.96 bits per heavy atom. The van der Waals surface area contributed by atoms with Crippen LogP contribution >= 0.6 is 35.0 Å². The molecule has 1 aliphatic rings. The molecular formula is C18H14Cl2N4O2S. The van der Waals surface area contributed by atoms with Crippen molar-refractivity contribution in [3.63, 3.8) is 0 Å². The maximum atomic E-state index is 12.1. The second-order valence-corrected chi connectivity index (χ2v) is 7.62. The number of hydrogen-bond donors (Lipinski definition) is 2. The van der Waals surface area contributed by atoms with Crippen LogP contribution in [0.4, 0.5) is 5.69 Å². The van der Waals surface area contributed by atoms with Crippen LogP contribution < -0.4 is 10.6 Å². The number of halogens is 2. The lowest BCUT2D eigenvalue weighted by Crippen LogP contribution is -2.28. The summed E-state index contributed by atoms with van der Waals surface area (Å²) in [6.45, 7) is 0. The Morgan fingerprint density at radius 3 is 2.70 bits per heavy atom. The molecule has 9 heteroatoms. The number of carbonyl (C=O) groups excluding carboxylic acids is 2. The largest absolute Gasteiger partial charge is 0.326 e. The molecule has 0 aromatic heterocycles. The number of hydrogen-bond acceptors (Lipinski definition) is 5. The van der Waals surface area contributed by atoms with Crippen LogP contribution in [0.1, 0.15) is 12.0 Å². The number of carbonyl (C=O) groups is 2. The van der Waals surface area contributed by atoms with Gasteiger partial charge in [0.05, 0.1) is 6.21 Å². The highest BCUT2D eigenvalue weighted by molar-refractivity contribution is 8.15. The van der Waals surface area contributed by atoms with Crippen molar-refractivity contribution in [3.8, 4) is 0 Å². The van der Waals surface area contributed by atoms with E-state index in [0.717, 1.165) is 5.56 Å². The number of amidine groups is 1. The van der Waals surface area contributed by atoms with Crippen molar-refractivity contribution in [2.75, 3.05) is 5.32 Å². The quantitative estimate of drug-likeness (QED) is 0.567. The van der Waals surface area contributed by atoms with Gasteiger partial charge in [-0.25, -0.2) is 0 Å². The number of anilines is 1. The van der Waals surface area contributed by atoms with E-state index in [2.05, 4.69) is 20.8 Å². The topological polar surface area (TPSA) is 82.9 Å². The van der Waals surface area contributed by atoms with Gasteiger partial charge in [0, 0.05) is 22.2 Å². The monoisotopic (exact) mass is 420 g/mol. The summed E-state index contributed by atoms with van der Waals surface area (Å²) in [6.07, 6.45) is 1.57. The van der Waals surface area contributed by atoms with Crippen molar-refractivity contribution in [1.82, 2.24) is 5.32 Å². The fourth-order valence-corrected chi connectivity index (χ4v) is 3.47. The molecule has 3 rings (SSSR count). The highest BCUT2D eigenvalue weighted by atomic mass is 35.5. The molecule has 0 radical (unpaired) electrons. The first kappa shape index (κ1) is 19.4. The van der Waals surface area contributed by atoms with Gasteiger partial charge < -0.3 is 10.6 Å². The summed E-state index contributed by atoms with van der Waals surface area (Å²) in [5, 5.41) is 14.2. The van der Waals surface area contributed by atoms with Crippen molar-refractivity contribution in [3.05, 3.63) is 64.1 Å². The lowest BCUT2D eigenvalue weighted by Gasteiger charge is -2.07. The van der Waals surface area contributed by atoms with E-state index < -0.39 is 5.25 Å². The van der Waals surface area contributed by atoms with E-state index in [-0.39, 0.29) is 18.2 Å². The molecule has 27 heavy (non-hydrogen) atoms. The van der Waals surface area contributed by atoms with E-state index >= 15 is 0 Å². The summed E-state index contributed by atoms with van der Waals surface area (Å²) in [7, 11) is 0. The smallest absolute Gasteiger partial charge is 0.240 e. The van der Waals surface area contributed by atoms with Gasteiger partial charge >= 0.3 is 0 Å². The van der Waals surface area contributed by atoms with E-state index in [4.69, 9.17) is 23.2 Å². The number of nitrogens with zero attached hydrogens (tertiary/aromatic N) is 2. The SMILES string of the molecule is O=C(C[C@H]1S/C(=N/N=C\c2ccc(Cl)cc2)NC1=O)Nc1cccc(Cl)c1. The molecule has 1 aliphatic heterocycles. The summed E-state index contributed by atoms with van der Waals surface area (Å²) < 4.78 is 0. The molecule has 0 spiro atoms. The summed E-state index contributed by atoms with van der Waals surface area (Å²) >= 11 is 12.9. The first-order valence-corrected chi connectivity index (χ1v) is 9.53. The Morgan fingerprint density at radius 1 is 1.19 bits per heavy atom. The first-order valence-electron chi connectivity index (χ1n) is 7.89. The van der Waals surface area contributed by atoms with E-state index in [0.29, 0.717) is 20.9 Å². The van der Waals surface area contributed by atoms with Crippen molar-refractivity contribution in [1.29, 1.82) is 0 Å². The third kappa shape index (κ3) is 5.82. The van der Waals surface area contributed by atoms with Crippen LogP contribution in [0.5, 0.6) is 0 Å². The average molecular weight is 421 g/mol. The summed E-state index contributed by atoms with van der Waals surface area (Å²) in [4.78, 5) is 24.1. The van der Waals surface area contributed by atoms with Gasteiger partial charge in [-0.1, -0.05) is 53.2 Å². The zero-order valence-electron chi connectivity index (χ0n) is 13.9. The molecule has 2 amide bonds. The van der Waals surface area contributed by atoms with Crippen molar-refractivity contribution in [2.24, 2.45) is 10.2 Å². The Bertz CT molecular complexity index is 916. The Kier molecular flexibility index (Phi) is 6.49. The molecule has 1 fully saturated rings. The van der Waals surface area contributed by atoms with Crippen molar-refractivity contribution >= 4 is 63.8 Å². The number of rotatable bonds is 5. The predicted molar refractivity (Wildman–Crippen MR) is 111 cm³/mol. The number of benzene rings is 2. The van der Waals surface area contributed by atoms with E-state index in [1.165, 1.54) is 11.8 Å². The van der Waals surface area contributed by atoms with Crippen LogP contribution in [0.25, 0.3) is 0 Å². The lowest BCUT2D eigenvalue weighted by atomic mass is 10.2. The summed E-state index contributed by atoms with van der Waals surface area (Å²) in [5.41, 5.74) is 1.41. The highest BCUT2D eigenvalue weighted by Gasteiger charge is 2.32. The minimum atomic E-state index is -0.561. The Hall–Kier alpha value is -2.35. The zero-order chi connectivity index (χ0) is 19.2. The lowest BCUT2D eigenvalue weighted by molar-refractivity contribution is -0.122. The molecule has 2 N–H and O–H groups in total. The van der Waals surface area contributed by atoms with Crippen molar-refractivity contribution < 1.29 is 9.59 Å². The number of amides is 2. The fourth-order valence-electron chi connectivity index (χ4n) is 2.23. The van der Waals surface area contributed by atoms with Gasteiger partial charge in [0.15, 0.2) is 5.17 Å². The molecule has 1 saturated heterocycles. The van der Waals surface area contributed by atoms with Gasteiger partial charge in [0.2, 0.25) is 11.8 Å². The average Bonchev–Trinajstić information content (AvgIpc) is 2.96. The highest BCUT2D eigenvalue weighted by Crippen LogP contribution is 2.23. The van der Waals surface area contributed by atoms with Crippen molar-refractivity contribution in [2.45, 2.75) is 11.7 Å². The normalized spacial score (nSPS) is 18.1. The standard InChI is InChI=1S/C18H14Cl2N4O2S/c19-12-6-4-11(5-7-12)10-21-24-18-23-17(26)15(27-18)9-16(25)22-14-3-1-2-13(20)8-14/h1-8,10,15H,9H2,(H,22,25)(H,23,24,26)/b21-10-/t15-/m1/s1. The van der Waals surface area contributed by atoms with Crippen LogP contribution in [0.2, 0.25) is 10.0 Å². The van der Waals surface area contributed by atoms with Gasteiger partial charge in [-0.2, -0.15) is 5.10 Å². The van der Waals surface area contributed by atoms with Crippen LogP contribution in [0, 0.1) is 0 Å². The Balaban J connectivity index is 1.55.